The molecule has 0 fully saturated rings. The number of rotatable bonds is 5. The molecule has 1 amide bonds. The average molecular weight is 229 g/mol. The Hall–Kier alpha value is -1.13. The lowest BCUT2D eigenvalue weighted by Crippen LogP contribution is -2.32. The number of halogens is 1. The number of aromatic nitrogens is 1. The van der Waals surface area contributed by atoms with Gasteiger partial charge in [0, 0.05) is 19.9 Å². The van der Waals surface area contributed by atoms with Gasteiger partial charge in [-0.05, 0) is 12.1 Å². The second-order valence-electron chi connectivity index (χ2n) is 2.98. The third-order valence-electron chi connectivity index (χ3n) is 1.73. The molecule has 0 aromatic carbocycles. The molecule has 1 aromatic heterocycles. The number of ether oxygens (including phenoxy) is 1. The zero-order valence-electron chi connectivity index (χ0n) is 8.44. The fourth-order valence-electron chi connectivity index (χ4n) is 1.03. The third-order valence-corrected chi connectivity index (χ3v) is 2.01. The Labute approximate surface area is 93.6 Å². The Morgan fingerprint density at radius 1 is 1.67 bits per heavy atom. The van der Waals surface area contributed by atoms with Gasteiger partial charge >= 0.3 is 0 Å². The fraction of sp³-hybridized carbons (Fsp3) is 0.400. The number of amides is 1. The predicted octanol–water partition coefficient (Wildman–Crippen LogP) is 1.07. The number of methoxy groups -OCH3 is 1. The van der Waals surface area contributed by atoms with Crippen molar-refractivity contribution in [1.82, 2.24) is 10.3 Å². The fourth-order valence-corrected chi connectivity index (χ4v) is 1.23. The summed E-state index contributed by atoms with van der Waals surface area (Å²) < 4.78 is 4.84. The van der Waals surface area contributed by atoms with Crippen LogP contribution in [0.3, 0.4) is 0 Å². The van der Waals surface area contributed by atoms with E-state index in [0.717, 1.165) is 0 Å². The highest BCUT2D eigenvalue weighted by Gasteiger charge is 2.09. The molecule has 0 saturated heterocycles. The number of nitrogens with one attached hydrogen (secondary N) is 1. The molecule has 0 bridgehead atoms. The summed E-state index contributed by atoms with van der Waals surface area (Å²) in [6, 6.07) is 5.16. The molecule has 15 heavy (non-hydrogen) atoms. The maximum Gasteiger partial charge on any atom is 0.269 e. The van der Waals surface area contributed by atoms with Crippen LogP contribution in [0.4, 0.5) is 0 Å². The quantitative estimate of drug-likeness (QED) is 0.767. The van der Waals surface area contributed by atoms with Crippen LogP contribution in [0.1, 0.15) is 10.5 Å². The number of hydrogen-bond donors (Lipinski definition) is 1. The monoisotopic (exact) mass is 228 g/mol. The summed E-state index contributed by atoms with van der Waals surface area (Å²) in [7, 11) is 1.57. The number of hydrogen-bond acceptors (Lipinski definition) is 3. The summed E-state index contributed by atoms with van der Waals surface area (Å²) in [6.07, 6.45) is 1.57. The zero-order chi connectivity index (χ0) is 11.1. The Morgan fingerprint density at radius 2 is 2.47 bits per heavy atom. The smallest absolute Gasteiger partial charge is 0.269 e. The highest BCUT2D eigenvalue weighted by molar-refractivity contribution is 6.21. The molecule has 1 rings (SSSR count). The van der Waals surface area contributed by atoms with E-state index in [9.17, 15) is 4.79 Å². The lowest BCUT2D eigenvalue weighted by molar-refractivity contribution is 0.0944. The van der Waals surface area contributed by atoms with E-state index in [1.54, 1.807) is 31.5 Å². The minimum absolute atomic E-state index is 0.220. The van der Waals surface area contributed by atoms with Gasteiger partial charge in [0.15, 0.2) is 0 Å². The van der Waals surface area contributed by atoms with E-state index in [4.69, 9.17) is 16.3 Å². The van der Waals surface area contributed by atoms with Crippen LogP contribution < -0.4 is 5.32 Å². The Morgan fingerprint density at radius 3 is 3.07 bits per heavy atom. The number of pyridine rings is 1. The van der Waals surface area contributed by atoms with Crippen molar-refractivity contribution in [1.29, 1.82) is 0 Å². The second kappa shape index (κ2) is 6.37. The molecule has 1 atom stereocenters. The molecule has 0 radical (unpaired) electrons. The van der Waals surface area contributed by atoms with Crippen molar-refractivity contribution >= 4 is 17.5 Å². The molecule has 82 valence electrons. The first-order chi connectivity index (χ1) is 7.24. The van der Waals surface area contributed by atoms with Crippen LogP contribution in [0.25, 0.3) is 0 Å². The van der Waals surface area contributed by atoms with Gasteiger partial charge in [-0.3, -0.25) is 9.78 Å². The minimum atomic E-state index is -0.225. The highest BCUT2D eigenvalue weighted by atomic mass is 35.5. The van der Waals surface area contributed by atoms with E-state index < -0.39 is 0 Å². The number of alkyl halides is 1. The van der Waals surface area contributed by atoms with Gasteiger partial charge in [-0.1, -0.05) is 6.07 Å². The molecular formula is C10H13ClN2O2. The standard InChI is InChI=1S/C10H13ClN2O2/c1-15-7-8(11)6-13-10(14)9-4-2-3-5-12-9/h2-5,8H,6-7H2,1H3,(H,13,14). The van der Waals surface area contributed by atoms with Crippen molar-refractivity contribution in [2.75, 3.05) is 20.3 Å². The molecular weight excluding hydrogens is 216 g/mol. The lowest BCUT2D eigenvalue weighted by Gasteiger charge is -2.09. The van der Waals surface area contributed by atoms with Crippen LogP contribution >= 0.6 is 11.6 Å². The summed E-state index contributed by atoms with van der Waals surface area (Å²) in [5.41, 5.74) is 0.388. The molecule has 1 aromatic rings. The molecule has 0 aliphatic heterocycles. The van der Waals surface area contributed by atoms with E-state index in [-0.39, 0.29) is 11.3 Å². The summed E-state index contributed by atoms with van der Waals surface area (Å²) >= 11 is 5.85. The number of carbonyl (C=O) groups is 1. The van der Waals surface area contributed by atoms with Crippen molar-refractivity contribution in [3.63, 3.8) is 0 Å². The Bertz CT molecular complexity index is 306. The van der Waals surface area contributed by atoms with Crippen LogP contribution in [0.15, 0.2) is 24.4 Å². The molecule has 0 aliphatic rings. The van der Waals surface area contributed by atoms with E-state index in [0.29, 0.717) is 18.8 Å². The maximum absolute atomic E-state index is 11.5. The van der Waals surface area contributed by atoms with Gasteiger partial charge in [-0.25, -0.2) is 0 Å². The van der Waals surface area contributed by atoms with Gasteiger partial charge in [0.2, 0.25) is 0 Å². The molecule has 1 N–H and O–H groups in total. The average Bonchev–Trinajstić information content (AvgIpc) is 2.27. The van der Waals surface area contributed by atoms with Crippen molar-refractivity contribution in [3.05, 3.63) is 30.1 Å². The summed E-state index contributed by atoms with van der Waals surface area (Å²) in [5.74, 6) is -0.225. The van der Waals surface area contributed by atoms with Crippen molar-refractivity contribution in [2.45, 2.75) is 5.38 Å². The second-order valence-corrected chi connectivity index (χ2v) is 3.59. The predicted molar refractivity (Wildman–Crippen MR) is 58.1 cm³/mol. The molecule has 1 unspecified atom stereocenters. The first-order valence-electron chi connectivity index (χ1n) is 4.56. The molecule has 5 heteroatoms. The van der Waals surface area contributed by atoms with Crippen LogP contribution in [-0.2, 0) is 4.74 Å². The van der Waals surface area contributed by atoms with Gasteiger partial charge in [-0.2, -0.15) is 0 Å². The third kappa shape index (κ3) is 4.27. The molecule has 1 heterocycles. The van der Waals surface area contributed by atoms with Crippen LogP contribution in [0.5, 0.6) is 0 Å². The Balaban J connectivity index is 2.37. The molecule has 0 aliphatic carbocycles. The van der Waals surface area contributed by atoms with Crippen LogP contribution in [0, 0.1) is 0 Å². The molecule has 0 spiro atoms. The van der Waals surface area contributed by atoms with Gasteiger partial charge in [0.05, 0.1) is 12.0 Å². The first kappa shape index (κ1) is 11.9. The number of nitrogens with zero attached hydrogens (tertiary/aromatic N) is 1. The van der Waals surface area contributed by atoms with Crippen molar-refractivity contribution in [3.8, 4) is 0 Å². The van der Waals surface area contributed by atoms with Gasteiger partial charge in [0.25, 0.3) is 5.91 Å². The van der Waals surface area contributed by atoms with Crippen molar-refractivity contribution in [2.24, 2.45) is 0 Å². The molecule has 4 nitrogen and oxygen atoms in total. The van der Waals surface area contributed by atoms with E-state index in [1.165, 1.54) is 0 Å². The summed E-state index contributed by atoms with van der Waals surface area (Å²) in [5, 5.41) is 2.45. The minimum Gasteiger partial charge on any atom is -0.383 e. The van der Waals surface area contributed by atoms with E-state index in [2.05, 4.69) is 10.3 Å². The summed E-state index contributed by atoms with van der Waals surface area (Å²) in [4.78, 5) is 15.4. The van der Waals surface area contributed by atoms with Crippen molar-refractivity contribution < 1.29 is 9.53 Å². The maximum atomic E-state index is 11.5. The Kier molecular flexibility index (Phi) is 5.07. The topological polar surface area (TPSA) is 51.2 Å². The zero-order valence-corrected chi connectivity index (χ0v) is 9.20. The van der Waals surface area contributed by atoms with Gasteiger partial charge in [-0.15, -0.1) is 11.6 Å². The highest BCUT2D eigenvalue weighted by Crippen LogP contribution is 1.96. The number of carbonyl (C=O) groups excluding carboxylic acids is 1. The summed E-state index contributed by atoms with van der Waals surface area (Å²) in [6.45, 7) is 0.773. The largest absolute Gasteiger partial charge is 0.383 e. The first-order valence-corrected chi connectivity index (χ1v) is 5.00. The van der Waals surface area contributed by atoms with Gasteiger partial charge in [0.1, 0.15) is 5.69 Å². The van der Waals surface area contributed by atoms with Gasteiger partial charge < -0.3 is 10.1 Å². The van der Waals surface area contributed by atoms with Crippen LogP contribution in [0.2, 0.25) is 0 Å². The van der Waals surface area contributed by atoms with Crippen LogP contribution in [-0.4, -0.2) is 36.5 Å². The molecule has 0 saturated carbocycles. The van der Waals surface area contributed by atoms with E-state index in [1.807, 2.05) is 0 Å². The van der Waals surface area contributed by atoms with E-state index >= 15 is 0 Å². The SMILES string of the molecule is COCC(Cl)CNC(=O)c1ccccn1. The lowest BCUT2D eigenvalue weighted by atomic mass is 10.3. The normalized spacial score (nSPS) is 12.1.